The average molecular weight is 497 g/mol. The van der Waals surface area contributed by atoms with Gasteiger partial charge in [-0.2, -0.15) is 10.4 Å². The van der Waals surface area contributed by atoms with Crippen molar-refractivity contribution in [2.24, 2.45) is 10.9 Å². The van der Waals surface area contributed by atoms with Crippen molar-refractivity contribution >= 4 is 35.8 Å². The van der Waals surface area contributed by atoms with E-state index in [2.05, 4.69) is 26.8 Å². The van der Waals surface area contributed by atoms with Gasteiger partial charge in [0.25, 0.3) is 0 Å². The van der Waals surface area contributed by atoms with Crippen molar-refractivity contribution in [2.75, 3.05) is 25.9 Å². The van der Waals surface area contributed by atoms with Crippen LogP contribution in [-0.2, 0) is 6.42 Å². The van der Waals surface area contributed by atoms with Gasteiger partial charge in [0.1, 0.15) is 23.3 Å². The van der Waals surface area contributed by atoms with E-state index in [-0.39, 0.29) is 35.6 Å². The van der Waals surface area contributed by atoms with E-state index in [9.17, 15) is 9.65 Å². The van der Waals surface area contributed by atoms with Crippen molar-refractivity contribution in [3.05, 3.63) is 41.3 Å². The molecule has 1 aromatic carbocycles. The molecule has 1 heterocycles. The minimum absolute atomic E-state index is 0. The maximum atomic E-state index is 13.1. The summed E-state index contributed by atoms with van der Waals surface area (Å²) in [5.74, 6) is 1.51. The largest absolute Gasteiger partial charge is 0.382 e. The molecule has 0 unspecified atom stereocenters. The molecule has 1 fully saturated rings. The Morgan fingerprint density at radius 2 is 2.07 bits per heavy atom. The van der Waals surface area contributed by atoms with Crippen LogP contribution < -0.4 is 16.4 Å². The van der Waals surface area contributed by atoms with Crippen molar-refractivity contribution in [1.82, 2.24) is 20.4 Å². The molecule has 0 spiro atoms. The molecule has 7 nitrogen and oxygen atoms in total. The van der Waals surface area contributed by atoms with E-state index in [1.165, 1.54) is 29.7 Å². The molecule has 0 radical (unpaired) electrons. The van der Waals surface area contributed by atoms with Crippen LogP contribution in [-0.4, -0.2) is 35.9 Å². The number of aliphatic imine (C=N–C) groups is 1. The molecule has 1 aliphatic rings. The standard InChI is InChI=1S/C19H24FN7.HI/c1-23-19(25-12-13-4-5-13)24-10-2-3-17-16(11-21)18(22)27(26-17)15-8-6-14(20)7-9-15;/h6-9,13H,2-5,10,12,22H2,1H3,(H2,23,24,25);1H. The fourth-order valence-electron chi connectivity index (χ4n) is 2.80. The molecule has 0 bridgehead atoms. The van der Waals surface area contributed by atoms with Gasteiger partial charge in [-0.05, 0) is 55.9 Å². The number of anilines is 1. The lowest BCUT2D eigenvalue weighted by atomic mass is 10.1. The van der Waals surface area contributed by atoms with Crippen LogP contribution in [0.1, 0.15) is 30.5 Å². The van der Waals surface area contributed by atoms with E-state index in [1.54, 1.807) is 19.2 Å². The second-order valence-corrected chi connectivity index (χ2v) is 6.63. The first-order valence-corrected chi connectivity index (χ1v) is 9.10. The zero-order chi connectivity index (χ0) is 19.2. The number of nitrogens with one attached hydrogen (secondary N) is 2. The van der Waals surface area contributed by atoms with Crippen LogP contribution in [0.2, 0.25) is 0 Å². The maximum absolute atomic E-state index is 13.1. The van der Waals surface area contributed by atoms with Crippen LogP contribution in [0, 0.1) is 23.1 Å². The average Bonchev–Trinajstić information content (AvgIpc) is 3.45. The number of aromatic nitrogens is 2. The van der Waals surface area contributed by atoms with Gasteiger partial charge in [0.15, 0.2) is 5.96 Å². The zero-order valence-corrected chi connectivity index (χ0v) is 18.1. The first kappa shape index (κ1) is 21.9. The van der Waals surface area contributed by atoms with Crippen molar-refractivity contribution in [3.8, 4) is 11.8 Å². The summed E-state index contributed by atoms with van der Waals surface area (Å²) >= 11 is 0. The van der Waals surface area contributed by atoms with Crippen LogP contribution in [0.15, 0.2) is 29.3 Å². The summed E-state index contributed by atoms with van der Waals surface area (Å²) in [4.78, 5) is 4.20. The highest BCUT2D eigenvalue weighted by molar-refractivity contribution is 14.0. The predicted molar refractivity (Wildman–Crippen MR) is 118 cm³/mol. The quantitative estimate of drug-likeness (QED) is 0.236. The Bertz CT molecular complexity index is 850. The molecule has 1 saturated carbocycles. The van der Waals surface area contributed by atoms with Crippen LogP contribution in [0.5, 0.6) is 0 Å². The number of rotatable bonds is 7. The third-order valence-corrected chi connectivity index (χ3v) is 4.54. The lowest BCUT2D eigenvalue weighted by molar-refractivity contribution is 0.627. The highest BCUT2D eigenvalue weighted by Crippen LogP contribution is 2.27. The fraction of sp³-hybridized carbons (Fsp3) is 0.421. The van der Waals surface area contributed by atoms with E-state index in [1.807, 2.05) is 0 Å². The van der Waals surface area contributed by atoms with Crippen molar-refractivity contribution in [2.45, 2.75) is 25.7 Å². The zero-order valence-electron chi connectivity index (χ0n) is 15.8. The first-order chi connectivity index (χ1) is 13.1. The molecule has 0 amide bonds. The molecule has 4 N–H and O–H groups in total. The second-order valence-electron chi connectivity index (χ2n) is 6.63. The third kappa shape index (κ3) is 5.58. The first-order valence-electron chi connectivity index (χ1n) is 9.10. The number of hydrogen-bond acceptors (Lipinski definition) is 4. The summed E-state index contributed by atoms with van der Waals surface area (Å²) in [7, 11) is 1.75. The molecule has 28 heavy (non-hydrogen) atoms. The van der Waals surface area contributed by atoms with Crippen LogP contribution in [0.25, 0.3) is 5.69 Å². The lowest BCUT2D eigenvalue weighted by Crippen LogP contribution is -2.38. The monoisotopic (exact) mass is 497 g/mol. The molecule has 9 heteroatoms. The molecule has 1 aliphatic carbocycles. The van der Waals surface area contributed by atoms with Crippen molar-refractivity contribution < 1.29 is 4.39 Å². The molecule has 0 saturated heterocycles. The Morgan fingerprint density at radius 1 is 1.36 bits per heavy atom. The number of guanidine groups is 1. The Morgan fingerprint density at radius 3 is 2.68 bits per heavy atom. The van der Waals surface area contributed by atoms with Gasteiger partial charge in [0.05, 0.1) is 11.4 Å². The van der Waals surface area contributed by atoms with Gasteiger partial charge in [-0.15, -0.1) is 24.0 Å². The Kier molecular flexibility index (Phi) is 8.04. The molecule has 1 aromatic heterocycles. The van der Waals surface area contributed by atoms with Gasteiger partial charge in [0, 0.05) is 20.1 Å². The summed E-state index contributed by atoms with van der Waals surface area (Å²) < 4.78 is 14.6. The van der Waals surface area contributed by atoms with E-state index >= 15 is 0 Å². The number of nitrogen functional groups attached to an aromatic ring is 1. The smallest absolute Gasteiger partial charge is 0.190 e. The summed E-state index contributed by atoms with van der Waals surface area (Å²) in [6.45, 7) is 1.66. The SMILES string of the molecule is CN=C(NCCCc1nn(-c2ccc(F)cc2)c(N)c1C#N)NCC1CC1.I. The predicted octanol–water partition coefficient (Wildman–Crippen LogP) is 2.59. The summed E-state index contributed by atoms with van der Waals surface area (Å²) in [6.07, 6.45) is 3.96. The van der Waals surface area contributed by atoms with Gasteiger partial charge in [-0.3, -0.25) is 4.99 Å². The van der Waals surface area contributed by atoms with E-state index in [0.29, 0.717) is 29.9 Å². The Balaban J connectivity index is 0.00000280. The summed E-state index contributed by atoms with van der Waals surface area (Å²) in [5.41, 5.74) is 7.71. The molecular formula is C19H25FIN7. The highest BCUT2D eigenvalue weighted by Gasteiger charge is 2.21. The number of nitrogens with zero attached hydrogens (tertiary/aromatic N) is 4. The van der Waals surface area contributed by atoms with Gasteiger partial charge in [-0.25, -0.2) is 9.07 Å². The molecular weight excluding hydrogens is 472 g/mol. The molecule has 150 valence electrons. The van der Waals surface area contributed by atoms with Crippen molar-refractivity contribution in [1.29, 1.82) is 5.26 Å². The number of aryl methyl sites for hydroxylation is 1. The third-order valence-electron chi connectivity index (χ3n) is 4.54. The number of halogens is 2. The summed E-state index contributed by atoms with van der Waals surface area (Å²) in [6, 6.07) is 7.97. The fourth-order valence-corrected chi connectivity index (χ4v) is 2.80. The Labute approximate surface area is 181 Å². The van der Waals surface area contributed by atoms with Gasteiger partial charge < -0.3 is 16.4 Å². The molecule has 0 aliphatic heterocycles. The highest BCUT2D eigenvalue weighted by atomic mass is 127. The minimum Gasteiger partial charge on any atom is -0.382 e. The molecule has 2 aromatic rings. The molecule has 3 rings (SSSR count). The van der Waals surface area contributed by atoms with Gasteiger partial charge >= 0.3 is 0 Å². The van der Waals surface area contributed by atoms with Crippen LogP contribution in [0.3, 0.4) is 0 Å². The van der Waals surface area contributed by atoms with Crippen LogP contribution >= 0.6 is 24.0 Å². The van der Waals surface area contributed by atoms with Crippen LogP contribution in [0.4, 0.5) is 10.2 Å². The number of benzene rings is 1. The number of hydrogen-bond donors (Lipinski definition) is 3. The number of nitriles is 1. The van der Waals surface area contributed by atoms with E-state index in [0.717, 1.165) is 24.8 Å². The lowest BCUT2D eigenvalue weighted by Gasteiger charge is -2.10. The minimum atomic E-state index is -0.333. The van der Waals surface area contributed by atoms with Gasteiger partial charge in [-0.1, -0.05) is 0 Å². The topological polar surface area (TPSA) is 104 Å². The Hall–Kier alpha value is -2.35. The van der Waals surface area contributed by atoms with Crippen molar-refractivity contribution in [3.63, 3.8) is 0 Å². The second kappa shape index (κ2) is 10.3. The normalized spacial score (nSPS) is 13.5. The van der Waals surface area contributed by atoms with E-state index in [4.69, 9.17) is 5.73 Å². The summed E-state index contributed by atoms with van der Waals surface area (Å²) in [5, 5.41) is 20.5. The molecule has 0 atom stereocenters. The maximum Gasteiger partial charge on any atom is 0.190 e. The van der Waals surface area contributed by atoms with E-state index < -0.39 is 0 Å². The van der Waals surface area contributed by atoms with Gasteiger partial charge in [0.2, 0.25) is 0 Å². The number of nitrogens with two attached hydrogens (primary N) is 1.